The maximum atomic E-state index is 12.8. The molecule has 6 heteroatoms. The number of nitrogens with zero attached hydrogens (tertiary/aromatic N) is 2. The van der Waals surface area contributed by atoms with Gasteiger partial charge in [0.25, 0.3) is 11.5 Å². The Morgan fingerprint density at radius 2 is 1.77 bits per heavy atom. The number of nitrogens with one attached hydrogen (secondary N) is 2. The summed E-state index contributed by atoms with van der Waals surface area (Å²) in [6.45, 7) is 0.394. The van der Waals surface area contributed by atoms with Crippen molar-refractivity contribution in [3.63, 3.8) is 0 Å². The van der Waals surface area contributed by atoms with Crippen LogP contribution in [-0.4, -0.2) is 20.4 Å². The van der Waals surface area contributed by atoms with Crippen molar-refractivity contribution in [2.24, 2.45) is 0 Å². The minimum Gasteiger partial charge on any atom is -0.331 e. The molecule has 2 aromatic heterocycles. The fourth-order valence-electron chi connectivity index (χ4n) is 2.93. The maximum Gasteiger partial charge on any atom is 0.260 e. The van der Waals surface area contributed by atoms with E-state index in [1.165, 1.54) is 0 Å². The zero-order chi connectivity index (χ0) is 17.9. The highest BCUT2D eigenvalue weighted by Crippen LogP contribution is 2.17. The third-order valence-corrected chi connectivity index (χ3v) is 4.16. The lowest BCUT2D eigenvalue weighted by molar-refractivity contribution is 0.102. The van der Waals surface area contributed by atoms with Crippen molar-refractivity contribution in [1.29, 1.82) is 0 Å². The smallest absolute Gasteiger partial charge is 0.260 e. The third kappa shape index (κ3) is 3.00. The van der Waals surface area contributed by atoms with Gasteiger partial charge in [0.05, 0.1) is 12.1 Å². The van der Waals surface area contributed by atoms with E-state index in [9.17, 15) is 9.59 Å². The minimum absolute atomic E-state index is 0.126. The number of rotatable bonds is 4. The van der Waals surface area contributed by atoms with Gasteiger partial charge in [-0.1, -0.05) is 48.5 Å². The molecular formula is C20H16N4O2. The molecule has 26 heavy (non-hydrogen) atoms. The Balaban J connectivity index is 1.82. The largest absolute Gasteiger partial charge is 0.331 e. The SMILES string of the molecule is O=C(Nc1ncc[nH]1)c1cn(Cc2ccccc2)c(=O)c2ccccc12. The highest BCUT2D eigenvalue weighted by atomic mass is 16.2. The van der Waals surface area contributed by atoms with Crippen molar-refractivity contribution >= 4 is 22.6 Å². The van der Waals surface area contributed by atoms with Crippen molar-refractivity contribution in [2.45, 2.75) is 6.54 Å². The van der Waals surface area contributed by atoms with Gasteiger partial charge in [0.15, 0.2) is 0 Å². The van der Waals surface area contributed by atoms with Crippen LogP contribution in [0.5, 0.6) is 0 Å². The Kier molecular flexibility index (Phi) is 4.07. The number of hydrogen-bond acceptors (Lipinski definition) is 3. The quantitative estimate of drug-likeness (QED) is 0.597. The molecule has 0 aliphatic carbocycles. The van der Waals surface area contributed by atoms with Crippen LogP contribution in [0.1, 0.15) is 15.9 Å². The number of anilines is 1. The molecule has 0 atom stereocenters. The molecule has 1 amide bonds. The summed E-state index contributed by atoms with van der Waals surface area (Å²) in [5.41, 5.74) is 1.29. The summed E-state index contributed by atoms with van der Waals surface area (Å²) in [6.07, 6.45) is 4.80. The summed E-state index contributed by atoms with van der Waals surface area (Å²) in [5, 5.41) is 3.85. The summed E-state index contributed by atoms with van der Waals surface area (Å²) in [7, 11) is 0. The minimum atomic E-state index is -0.321. The second-order valence-electron chi connectivity index (χ2n) is 5.90. The number of hydrogen-bond donors (Lipinski definition) is 2. The summed E-state index contributed by atoms with van der Waals surface area (Å²) < 4.78 is 1.56. The molecule has 0 saturated carbocycles. The summed E-state index contributed by atoms with van der Waals surface area (Å²) in [4.78, 5) is 32.4. The molecule has 4 aromatic rings. The number of H-pyrrole nitrogens is 1. The van der Waals surface area contributed by atoms with Crippen LogP contribution in [0.15, 0.2) is 78.0 Å². The number of aromatic nitrogens is 3. The number of amides is 1. The molecule has 0 saturated heterocycles. The fourth-order valence-corrected chi connectivity index (χ4v) is 2.93. The Hall–Kier alpha value is -3.67. The van der Waals surface area contributed by atoms with E-state index in [2.05, 4.69) is 15.3 Å². The lowest BCUT2D eigenvalue weighted by atomic mass is 10.1. The van der Waals surface area contributed by atoms with Crippen molar-refractivity contribution < 1.29 is 4.79 Å². The van der Waals surface area contributed by atoms with Gasteiger partial charge >= 0.3 is 0 Å². The molecule has 0 unspecified atom stereocenters. The third-order valence-electron chi connectivity index (χ3n) is 4.16. The lowest BCUT2D eigenvalue weighted by Crippen LogP contribution is -2.24. The van der Waals surface area contributed by atoms with E-state index in [-0.39, 0.29) is 11.5 Å². The topological polar surface area (TPSA) is 79.8 Å². The van der Waals surface area contributed by atoms with E-state index in [4.69, 9.17) is 0 Å². The van der Waals surface area contributed by atoms with E-state index in [0.29, 0.717) is 28.8 Å². The molecule has 0 aliphatic rings. The summed E-state index contributed by atoms with van der Waals surface area (Å²) in [6, 6.07) is 16.8. The van der Waals surface area contributed by atoms with E-state index in [1.54, 1.807) is 41.4 Å². The summed E-state index contributed by atoms with van der Waals surface area (Å²) in [5.74, 6) is 0.0397. The maximum absolute atomic E-state index is 12.8. The molecule has 0 spiro atoms. The van der Waals surface area contributed by atoms with E-state index in [1.807, 2.05) is 36.4 Å². The van der Waals surface area contributed by atoms with Gasteiger partial charge < -0.3 is 9.55 Å². The number of aromatic amines is 1. The molecule has 0 fully saturated rings. The number of fused-ring (bicyclic) bond motifs is 1. The average molecular weight is 344 g/mol. The van der Waals surface area contributed by atoms with Gasteiger partial charge in [0, 0.05) is 29.4 Å². The van der Waals surface area contributed by atoms with Gasteiger partial charge in [-0.15, -0.1) is 0 Å². The first kappa shape index (κ1) is 15.8. The van der Waals surface area contributed by atoms with Crippen LogP contribution in [0.4, 0.5) is 5.95 Å². The van der Waals surface area contributed by atoms with Crippen LogP contribution in [0.3, 0.4) is 0 Å². The predicted molar refractivity (Wildman–Crippen MR) is 100 cm³/mol. The predicted octanol–water partition coefficient (Wildman–Crippen LogP) is 3.03. The van der Waals surface area contributed by atoms with E-state index in [0.717, 1.165) is 5.56 Å². The molecule has 4 rings (SSSR count). The Morgan fingerprint density at radius 1 is 1.04 bits per heavy atom. The van der Waals surface area contributed by atoms with Gasteiger partial charge in [-0.2, -0.15) is 0 Å². The molecule has 0 bridgehead atoms. The normalized spacial score (nSPS) is 10.8. The molecule has 0 aliphatic heterocycles. The van der Waals surface area contributed by atoms with Crippen LogP contribution in [0, 0.1) is 0 Å². The number of carbonyl (C=O) groups is 1. The highest BCUT2D eigenvalue weighted by molar-refractivity contribution is 6.12. The Labute approximate surface area is 149 Å². The second-order valence-corrected chi connectivity index (χ2v) is 5.90. The van der Waals surface area contributed by atoms with Crippen molar-refractivity contribution in [2.75, 3.05) is 5.32 Å². The van der Waals surface area contributed by atoms with Gasteiger partial charge in [-0.25, -0.2) is 4.98 Å². The number of imidazole rings is 1. The molecule has 2 aromatic carbocycles. The second kappa shape index (κ2) is 6.68. The number of pyridine rings is 1. The molecule has 6 nitrogen and oxygen atoms in total. The fraction of sp³-hybridized carbons (Fsp3) is 0.0500. The first-order valence-corrected chi connectivity index (χ1v) is 8.19. The van der Waals surface area contributed by atoms with Crippen LogP contribution in [0.25, 0.3) is 10.8 Å². The van der Waals surface area contributed by atoms with Crippen molar-refractivity contribution in [1.82, 2.24) is 14.5 Å². The zero-order valence-corrected chi connectivity index (χ0v) is 13.8. The van der Waals surface area contributed by atoms with Gasteiger partial charge in [-0.05, 0) is 11.6 Å². The number of benzene rings is 2. The van der Waals surface area contributed by atoms with Crippen LogP contribution in [-0.2, 0) is 6.54 Å². The zero-order valence-electron chi connectivity index (χ0n) is 13.8. The van der Waals surface area contributed by atoms with E-state index >= 15 is 0 Å². The van der Waals surface area contributed by atoms with Gasteiger partial charge in [0.1, 0.15) is 0 Å². The van der Waals surface area contributed by atoms with Crippen LogP contribution >= 0.6 is 0 Å². The first-order valence-electron chi connectivity index (χ1n) is 8.19. The molecule has 2 heterocycles. The van der Waals surface area contributed by atoms with Crippen molar-refractivity contribution in [3.8, 4) is 0 Å². The van der Waals surface area contributed by atoms with Crippen LogP contribution in [0.2, 0.25) is 0 Å². The van der Waals surface area contributed by atoms with Gasteiger partial charge in [0.2, 0.25) is 5.95 Å². The molecule has 128 valence electrons. The van der Waals surface area contributed by atoms with Gasteiger partial charge in [-0.3, -0.25) is 14.9 Å². The Morgan fingerprint density at radius 3 is 2.50 bits per heavy atom. The van der Waals surface area contributed by atoms with Crippen LogP contribution < -0.4 is 10.9 Å². The monoisotopic (exact) mass is 344 g/mol. The average Bonchev–Trinajstić information content (AvgIpc) is 3.18. The molecule has 0 radical (unpaired) electrons. The standard InChI is InChI=1S/C20H16N4O2/c25-18(23-20-21-10-11-22-20)17-13-24(12-14-6-2-1-3-7-14)19(26)16-9-5-4-8-15(16)17/h1-11,13H,12H2,(H2,21,22,23,25). The Bertz CT molecular complexity index is 1120. The number of carbonyl (C=O) groups excluding carboxylic acids is 1. The highest BCUT2D eigenvalue weighted by Gasteiger charge is 2.15. The lowest BCUT2D eigenvalue weighted by Gasteiger charge is -2.12. The molecule has 2 N–H and O–H groups in total. The molecular weight excluding hydrogens is 328 g/mol. The first-order chi connectivity index (χ1) is 12.7. The van der Waals surface area contributed by atoms with E-state index < -0.39 is 0 Å². The summed E-state index contributed by atoms with van der Waals surface area (Å²) >= 11 is 0. The van der Waals surface area contributed by atoms with Crippen molar-refractivity contribution in [3.05, 3.63) is 94.7 Å².